The molecule has 3 nitrogen and oxygen atoms in total. The Hall–Kier alpha value is -2.16. The van der Waals surface area contributed by atoms with Crippen molar-refractivity contribution in [2.75, 3.05) is 0 Å². The van der Waals surface area contributed by atoms with Crippen molar-refractivity contribution in [3.8, 4) is 11.1 Å². The number of aromatic nitrogens is 1. The molecule has 2 aromatic rings. The summed E-state index contributed by atoms with van der Waals surface area (Å²) in [4.78, 5) is 16.3. The predicted octanol–water partition coefficient (Wildman–Crippen LogP) is 2.95. The second-order valence-electron chi connectivity index (χ2n) is 4.96. The Morgan fingerprint density at radius 2 is 2.11 bits per heavy atom. The van der Waals surface area contributed by atoms with Gasteiger partial charge in [0, 0.05) is 29.1 Å². The smallest absolute Gasteiger partial charge is 0.251 e. The molecule has 0 spiro atoms. The van der Waals surface area contributed by atoms with E-state index in [4.69, 9.17) is 0 Å². The van der Waals surface area contributed by atoms with Gasteiger partial charge in [-0.1, -0.05) is 18.2 Å². The normalized spacial score (nSPS) is 14.2. The molecule has 1 aromatic carbocycles. The van der Waals surface area contributed by atoms with Crippen molar-refractivity contribution >= 4 is 5.91 Å². The summed E-state index contributed by atoms with van der Waals surface area (Å²) in [6.45, 7) is 1.98. The Balaban J connectivity index is 1.91. The Bertz CT molecular complexity index is 618. The van der Waals surface area contributed by atoms with Gasteiger partial charge in [0.15, 0.2) is 0 Å². The molecule has 0 aliphatic heterocycles. The highest BCUT2D eigenvalue weighted by molar-refractivity contribution is 5.95. The zero-order chi connectivity index (χ0) is 13.2. The maximum absolute atomic E-state index is 12.0. The van der Waals surface area contributed by atoms with Crippen molar-refractivity contribution in [1.29, 1.82) is 0 Å². The number of benzene rings is 1. The van der Waals surface area contributed by atoms with Gasteiger partial charge in [-0.05, 0) is 43.5 Å². The van der Waals surface area contributed by atoms with Gasteiger partial charge < -0.3 is 5.32 Å². The fourth-order valence-electron chi connectivity index (χ4n) is 2.11. The van der Waals surface area contributed by atoms with Crippen molar-refractivity contribution in [3.63, 3.8) is 0 Å². The average Bonchev–Trinajstić information content (AvgIpc) is 3.23. The highest BCUT2D eigenvalue weighted by atomic mass is 16.1. The SMILES string of the molecule is Cc1ncccc1-c1cccc(C(=O)NC2CC2)c1. The van der Waals surface area contributed by atoms with Crippen molar-refractivity contribution in [1.82, 2.24) is 10.3 Å². The monoisotopic (exact) mass is 252 g/mol. The lowest BCUT2D eigenvalue weighted by Gasteiger charge is -2.08. The van der Waals surface area contributed by atoms with Crippen LogP contribution in [-0.4, -0.2) is 16.9 Å². The summed E-state index contributed by atoms with van der Waals surface area (Å²) < 4.78 is 0. The van der Waals surface area contributed by atoms with Crippen LogP contribution in [0, 0.1) is 6.92 Å². The fraction of sp³-hybridized carbons (Fsp3) is 0.250. The molecule has 1 heterocycles. The van der Waals surface area contributed by atoms with E-state index in [0.29, 0.717) is 11.6 Å². The molecule has 1 amide bonds. The maximum Gasteiger partial charge on any atom is 0.251 e. The molecule has 1 aliphatic rings. The molecule has 96 valence electrons. The van der Waals surface area contributed by atoms with E-state index >= 15 is 0 Å². The quantitative estimate of drug-likeness (QED) is 0.912. The van der Waals surface area contributed by atoms with Crippen LogP contribution in [0.2, 0.25) is 0 Å². The number of aryl methyl sites for hydroxylation is 1. The van der Waals surface area contributed by atoms with Crippen LogP contribution in [0.15, 0.2) is 42.6 Å². The largest absolute Gasteiger partial charge is 0.349 e. The van der Waals surface area contributed by atoms with Crippen LogP contribution in [0.1, 0.15) is 28.9 Å². The third-order valence-electron chi connectivity index (χ3n) is 3.36. The van der Waals surface area contributed by atoms with Crippen LogP contribution in [0.3, 0.4) is 0 Å². The number of rotatable bonds is 3. The molecule has 3 rings (SSSR count). The Morgan fingerprint density at radius 1 is 1.26 bits per heavy atom. The molecule has 1 aliphatic carbocycles. The van der Waals surface area contributed by atoms with E-state index in [1.54, 1.807) is 6.20 Å². The summed E-state index contributed by atoms with van der Waals surface area (Å²) >= 11 is 0. The van der Waals surface area contributed by atoms with Crippen LogP contribution < -0.4 is 5.32 Å². The minimum absolute atomic E-state index is 0.0193. The summed E-state index contributed by atoms with van der Waals surface area (Å²) in [7, 11) is 0. The number of carbonyl (C=O) groups excluding carboxylic acids is 1. The van der Waals surface area contributed by atoms with Gasteiger partial charge in [-0.25, -0.2) is 0 Å². The van der Waals surface area contributed by atoms with Gasteiger partial charge in [0.05, 0.1) is 0 Å². The molecule has 19 heavy (non-hydrogen) atoms. The predicted molar refractivity (Wildman–Crippen MR) is 74.9 cm³/mol. The van der Waals surface area contributed by atoms with Gasteiger partial charge in [-0.15, -0.1) is 0 Å². The minimum Gasteiger partial charge on any atom is -0.349 e. The first kappa shape index (κ1) is 11.9. The molecule has 1 saturated carbocycles. The van der Waals surface area contributed by atoms with Gasteiger partial charge in [0.25, 0.3) is 5.91 Å². The lowest BCUT2D eigenvalue weighted by atomic mass is 10.0. The molecule has 1 fully saturated rings. The highest BCUT2D eigenvalue weighted by Gasteiger charge is 2.23. The number of nitrogens with one attached hydrogen (secondary N) is 1. The first-order valence-corrected chi connectivity index (χ1v) is 6.57. The van der Waals surface area contributed by atoms with Crippen LogP contribution >= 0.6 is 0 Å². The lowest BCUT2D eigenvalue weighted by molar-refractivity contribution is 0.0951. The fourth-order valence-corrected chi connectivity index (χ4v) is 2.11. The zero-order valence-electron chi connectivity index (χ0n) is 10.9. The topological polar surface area (TPSA) is 42.0 Å². The van der Waals surface area contributed by atoms with Crippen LogP contribution in [0.25, 0.3) is 11.1 Å². The first-order chi connectivity index (χ1) is 9.24. The highest BCUT2D eigenvalue weighted by Crippen LogP contribution is 2.23. The summed E-state index contributed by atoms with van der Waals surface area (Å²) in [6.07, 6.45) is 3.99. The third-order valence-corrected chi connectivity index (χ3v) is 3.36. The molecule has 1 N–H and O–H groups in total. The summed E-state index contributed by atoms with van der Waals surface area (Å²) in [5, 5.41) is 3.01. The van der Waals surface area contributed by atoms with Gasteiger partial charge >= 0.3 is 0 Å². The van der Waals surface area contributed by atoms with Crippen molar-refractivity contribution in [3.05, 3.63) is 53.9 Å². The molecule has 0 saturated heterocycles. The van der Waals surface area contributed by atoms with Crippen molar-refractivity contribution in [2.24, 2.45) is 0 Å². The van der Waals surface area contributed by atoms with Gasteiger partial charge in [-0.2, -0.15) is 0 Å². The van der Waals surface area contributed by atoms with E-state index < -0.39 is 0 Å². The number of carbonyl (C=O) groups is 1. The van der Waals surface area contributed by atoms with Crippen molar-refractivity contribution < 1.29 is 4.79 Å². The number of amides is 1. The van der Waals surface area contributed by atoms with Gasteiger partial charge in [0.2, 0.25) is 0 Å². The Labute approximate surface area is 112 Å². The number of hydrogen-bond acceptors (Lipinski definition) is 2. The lowest BCUT2D eigenvalue weighted by Crippen LogP contribution is -2.25. The summed E-state index contributed by atoms with van der Waals surface area (Å²) in [5.74, 6) is 0.0193. The molecule has 0 radical (unpaired) electrons. The third kappa shape index (κ3) is 2.65. The van der Waals surface area contributed by atoms with E-state index in [1.165, 1.54) is 0 Å². The molecule has 3 heteroatoms. The second kappa shape index (κ2) is 4.84. The van der Waals surface area contributed by atoms with E-state index in [1.807, 2.05) is 43.3 Å². The van der Waals surface area contributed by atoms with E-state index in [0.717, 1.165) is 29.7 Å². The first-order valence-electron chi connectivity index (χ1n) is 6.57. The van der Waals surface area contributed by atoms with E-state index in [9.17, 15) is 4.79 Å². The molecular weight excluding hydrogens is 236 g/mol. The zero-order valence-corrected chi connectivity index (χ0v) is 10.9. The molecule has 0 unspecified atom stereocenters. The van der Waals surface area contributed by atoms with Crippen molar-refractivity contribution in [2.45, 2.75) is 25.8 Å². The van der Waals surface area contributed by atoms with Gasteiger partial charge in [0.1, 0.15) is 0 Å². The molecule has 0 bridgehead atoms. The molecule has 0 atom stereocenters. The minimum atomic E-state index is 0.0193. The number of pyridine rings is 1. The van der Waals surface area contributed by atoms with Crippen LogP contribution in [0.4, 0.5) is 0 Å². The number of nitrogens with zero attached hydrogens (tertiary/aromatic N) is 1. The average molecular weight is 252 g/mol. The Kier molecular flexibility index (Phi) is 3.03. The van der Waals surface area contributed by atoms with Crippen LogP contribution in [-0.2, 0) is 0 Å². The van der Waals surface area contributed by atoms with E-state index in [-0.39, 0.29) is 5.91 Å². The number of hydrogen-bond donors (Lipinski definition) is 1. The summed E-state index contributed by atoms with van der Waals surface area (Å²) in [6, 6.07) is 12.0. The second-order valence-corrected chi connectivity index (χ2v) is 4.96. The maximum atomic E-state index is 12.0. The molecular formula is C16H16N2O. The molecule has 1 aromatic heterocycles. The Morgan fingerprint density at radius 3 is 2.84 bits per heavy atom. The summed E-state index contributed by atoms with van der Waals surface area (Å²) in [5.41, 5.74) is 3.80. The van der Waals surface area contributed by atoms with Crippen LogP contribution in [0.5, 0.6) is 0 Å². The van der Waals surface area contributed by atoms with E-state index in [2.05, 4.69) is 10.3 Å². The van der Waals surface area contributed by atoms with Gasteiger partial charge in [-0.3, -0.25) is 9.78 Å². The standard InChI is InChI=1S/C16H16N2O/c1-11-15(6-3-9-17-11)12-4-2-5-13(10-12)16(19)18-14-7-8-14/h2-6,9-10,14H,7-8H2,1H3,(H,18,19).